The quantitative estimate of drug-likeness (QED) is 0.170. The minimum absolute atomic E-state index is 0.00109. The Morgan fingerprint density at radius 1 is 0.576 bits per heavy atom. The smallest absolute Gasteiger partial charge is 0.187 e. The summed E-state index contributed by atoms with van der Waals surface area (Å²) in [5.74, 6) is 0. The van der Waals surface area contributed by atoms with Crippen molar-refractivity contribution < 1.29 is 74.4 Å². The molecule has 0 aromatic carbocycles. The lowest BCUT2D eigenvalue weighted by Gasteiger charge is -2.47. The number of ether oxygens (including phenoxy) is 6. The third-order valence-corrected chi connectivity index (χ3v) is 6.32. The van der Waals surface area contributed by atoms with Gasteiger partial charge in [0.2, 0.25) is 0 Å². The molecule has 4 aliphatic rings. The SMILES string of the molecule is OC[C@H]1O[C@H](O[C@H]2[C@H](O)[C@@H](O)[C@H](O[C@H]3[C@H](O)[C@@H](O)[C@@H]4OC[C@H]3O4)O[C@@H]2CO)[C@H](O)[C@@H](O)[C@@H]1O. The van der Waals surface area contributed by atoms with Crippen molar-refractivity contribution in [2.75, 3.05) is 19.8 Å². The Labute approximate surface area is 187 Å². The first-order chi connectivity index (χ1) is 15.7. The van der Waals surface area contributed by atoms with Gasteiger partial charge in [-0.15, -0.1) is 0 Å². The van der Waals surface area contributed by atoms with Gasteiger partial charge in [0.1, 0.15) is 73.2 Å². The Kier molecular flexibility index (Phi) is 7.86. The van der Waals surface area contributed by atoms with Gasteiger partial charge in [0.25, 0.3) is 0 Å². The molecule has 15 atom stereocenters. The van der Waals surface area contributed by atoms with Crippen LogP contribution in [0, 0.1) is 0 Å². The lowest BCUT2D eigenvalue weighted by atomic mass is 9.96. The molecular weight excluding hydrogens is 456 g/mol. The van der Waals surface area contributed by atoms with Gasteiger partial charge in [-0.2, -0.15) is 0 Å². The van der Waals surface area contributed by atoms with Crippen LogP contribution in [0.5, 0.6) is 0 Å². The van der Waals surface area contributed by atoms with Crippen LogP contribution in [0.3, 0.4) is 0 Å². The molecular formula is C18H30O15. The number of hydrogen-bond acceptors (Lipinski definition) is 15. The molecule has 192 valence electrons. The van der Waals surface area contributed by atoms with E-state index in [1.54, 1.807) is 0 Å². The van der Waals surface area contributed by atoms with Crippen LogP contribution in [-0.4, -0.2) is 158 Å². The van der Waals surface area contributed by atoms with E-state index in [1.165, 1.54) is 0 Å². The molecule has 15 heteroatoms. The average Bonchev–Trinajstić information content (AvgIpc) is 3.26. The maximum Gasteiger partial charge on any atom is 0.187 e. The molecule has 0 radical (unpaired) electrons. The Balaban J connectivity index is 1.44. The van der Waals surface area contributed by atoms with Crippen LogP contribution in [0.15, 0.2) is 0 Å². The third-order valence-electron chi connectivity index (χ3n) is 6.32. The molecule has 0 amide bonds. The molecule has 0 aromatic heterocycles. The van der Waals surface area contributed by atoms with E-state index in [0.29, 0.717) is 0 Å². The van der Waals surface area contributed by atoms with E-state index in [9.17, 15) is 46.0 Å². The zero-order chi connectivity index (χ0) is 24.0. The highest BCUT2D eigenvalue weighted by Crippen LogP contribution is 2.34. The number of hydrogen-bond donors (Lipinski definition) is 9. The molecule has 15 nitrogen and oxygen atoms in total. The summed E-state index contributed by atoms with van der Waals surface area (Å²) in [6, 6.07) is 0. The molecule has 0 spiro atoms. The predicted octanol–water partition coefficient (Wildman–Crippen LogP) is -6.53. The molecule has 33 heavy (non-hydrogen) atoms. The summed E-state index contributed by atoms with van der Waals surface area (Å²) in [6.45, 7) is -1.45. The molecule has 9 N–H and O–H groups in total. The second-order valence-electron chi connectivity index (χ2n) is 8.46. The zero-order valence-corrected chi connectivity index (χ0v) is 17.3. The third kappa shape index (κ3) is 4.65. The lowest BCUT2D eigenvalue weighted by Crippen LogP contribution is -2.66. The van der Waals surface area contributed by atoms with Crippen LogP contribution in [0.4, 0.5) is 0 Å². The van der Waals surface area contributed by atoms with Gasteiger partial charge in [0.05, 0.1) is 19.8 Å². The van der Waals surface area contributed by atoms with Crippen molar-refractivity contribution in [3.8, 4) is 0 Å². The molecule has 0 saturated carbocycles. The monoisotopic (exact) mass is 486 g/mol. The number of rotatable bonds is 6. The van der Waals surface area contributed by atoms with Crippen LogP contribution >= 0.6 is 0 Å². The van der Waals surface area contributed by atoms with Gasteiger partial charge >= 0.3 is 0 Å². The van der Waals surface area contributed by atoms with Crippen molar-refractivity contribution in [3.63, 3.8) is 0 Å². The first kappa shape index (κ1) is 25.5. The lowest BCUT2D eigenvalue weighted by molar-refractivity contribution is -0.371. The zero-order valence-electron chi connectivity index (χ0n) is 17.3. The topological polar surface area (TPSA) is 237 Å². The van der Waals surface area contributed by atoms with Crippen LogP contribution in [0.1, 0.15) is 0 Å². The highest BCUT2D eigenvalue weighted by atomic mass is 16.8. The van der Waals surface area contributed by atoms with E-state index in [0.717, 1.165) is 0 Å². The maximum atomic E-state index is 10.6. The van der Waals surface area contributed by atoms with Crippen molar-refractivity contribution in [3.05, 3.63) is 0 Å². The predicted molar refractivity (Wildman–Crippen MR) is 97.9 cm³/mol. The normalized spacial score (nSPS) is 55.0. The van der Waals surface area contributed by atoms with E-state index in [4.69, 9.17) is 28.4 Å². The summed E-state index contributed by atoms with van der Waals surface area (Å²) < 4.78 is 32.4. The average molecular weight is 486 g/mol. The van der Waals surface area contributed by atoms with E-state index in [-0.39, 0.29) is 6.61 Å². The first-order valence-corrected chi connectivity index (χ1v) is 10.5. The van der Waals surface area contributed by atoms with Gasteiger partial charge in [0.15, 0.2) is 18.9 Å². The Morgan fingerprint density at radius 3 is 1.76 bits per heavy atom. The fraction of sp³-hybridized carbons (Fsp3) is 1.00. The fourth-order valence-corrected chi connectivity index (χ4v) is 4.36. The summed E-state index contributed by atoms with van der Waals surface area (Å²) in [5.41, 5.74) is 0. The molecule has 4 aliphatic heterocycles. The highest BCUT2D eigenvalue weighted by Gasteiger charge is 2.55. The summed E-state index contributed by atoms with van der Waals surface area (Å²) >= 11 is 0. The maximum absolute atomic E-state index is 10.6. The Bertz CT molecular complexity index is 650. The van der Waals surface area contributed by atoms with Crippen LogP contribution in [0.25, 0.3) is 0 Å². The molecule has 2 bridgehead atoms. The Morgan fingerprint density at radius 2 is 1.12 bits per heavy atom. The van der Waals surface area contributed by atoms with Gasteiger partial charge in [-0.05, 0) is 0 Å². The first-order valence-electron chi connectivity index (χ1n) is 10.5. The minimum Gasteiger partial charge on any atom is -0.394 e. The summed E-state index contributed by atoms with van der Waals surface area (Å²) in [4.78, 5) is 0. The van der Waals surface area contributed by atoms with Crippen molar-refractivity contribution in [1.29, 1.82) is 0 Å². The van der Waals surface area contributed by atoms with Crippen LogP contribution in [-0.2, 0) is 28.4 Å². The number of fused-ring (bicyclic) bond motifs is 2. The molecule has 0 aliphatic carbocycles. The van der Waals surface area contributed by atoms with Gasteiger partial charge in [-0.3, -0.25) is 0 Å². The summed E-state index contributed by atoms with van der Waals surface area (Å²) in [6.07, 6.45) is -21.9. The van der Waals surface area contributed by atoms with Crippen molar-refractivity contribution in [2.45, 2.75) is 92.1 Å². The van der Waals surface area contributed by atoms with Crippen molar-refractivity contribution in [1.82, 2.24) is 0 Å². The standard InChI is InChI=1S/C18H30O15/c19-1-4-7(21)8(22)11(25)17(29-4)32-14-5(2-20)30-18(13(27)10(14)24)33-15-6-3-28-16(31-6)12(26)9(15)23/h4-27H,1-3H2/t4-,5-,6-,7-,8+,9-,10-,11-,12-,13-,14-,15-,16-,17-,18+/m1/s1. The van der Waals surface area contributed by atoms with E-state index in [2.05, 4.69) is 0 Å². The van der Waals surface area contributed by atoms with Crippen molar-refractivity contribution in [2.24, 2.45) is 0 Å². The molecule has 4 heterocycles. The van der Waals surface area contributed by atoms with Crippen molar-refractivity contribution >= 4 is 0 Å². The molecule has 4 fully saturated rings. The second kappa shape index (κ2) is 10.2. The van der Waals surface area contributed by atoms with Crippen LogP contribution < -0.4 is 0 Å². The molecule has 4 rings (SSSR count). The van der Waals surface area contributed by atoms with E-state index < -0.39 is 105 Å². The van der Waals surface area contributed by atoms with Gasteiger partial charge in [-0.25, -0.2) is 0 Å². The van der Waals surface area contributed by atoms with E-state index >= 15 is 0 Å². The highest BCUT2D eigenvalue weighted by molar-refractivity contribution is 4.97. The summed E-state index contributed by atoms with van der Waals surface area (Å²) in [5, 5.41) is 90.5. The van der Waals surface area contributed by atoms with Gasteiger partial charge < -0.3 is 74.4 Å². The minimum atomic E-state index is -1.79. The molecule has 4 saturated heterocycles. The number of aliphatic hydroxyl groups excluding tert-OH is 9. The largest absolute Gasteiger partial charge is 0.394 e. The summed E-state index contributed by atoms with van der Waals surface area (Å²) in [7, 11) is 0. The molecule has 0 unspecified atom stereocenters. The van der Waals surface area contributed by atoms with Crippen LogP contribution in [0.2, 0.25) is 0 Å². The van der Waals surface area contributed by atoms with Gasteiger partial charge in [0, 0.05) is 0 Å². The number of aliphatic hydroxyl groups is 9. The second-order valence-corrected chi connectivity index (χ2v) is 8.46. The fourth-order valence-electron chi connectivity index (χ4n) is 4.36. The van der Waals surface area contributed by atoms with E-state index in [1.807, 2.05) is 0 Å². The Hall–Kier alpha value is -0.600. The van der Waals surface area contributed by atoms with Gasteiger partial charge in [-0.1, -0.05) is 0 Å². The molecule has 0 aromatic rings.